The first-order chi connectivity index (χ1) is 8.16. The predicted molar refractivity (Wildman–Crippen MR) is 56.7 cm³/mol. The number of fused-ring (bicyclic) bond motifs is 1. The molecule has 3 rings (SSSR count). The largest absolute Gasteiger partial charge is 0.542 e. The van der Waals surface area contributed by atoms with Crippen LogP contribution in [0.1, 0.15) is 23.5 Å². The summed E-state index contributed by atoms with van der Waals surface area (Å²) >= 11 is 0. The van der Waals surface area contributed by atoms with Crippen LogP contribution >= 0.6 is 0 Å². The van der Waals surface area contributed by atoms with E-state index in [1.165, 1.54) is 16.7 Å². The van der Waals surface area contributed by atoms with Gasteiger partial charge in [-0.2, -0.15) is 0 Å². The van der Waals surface area contributed by atoms with Gasteiger partial charge in [-0.25, -0.2) is 9.37 Å². The molecule has 0 unspecified atom stereocenters. The van der Waals surface area contributed by atoms with Crippen LogP contribution in [0.2, 0.25) is 0 Å². The Kier molecular flexibility index (Phi) is 2.14. The lowest BCUT2D eigenvalue weighted by Gasteiger charge is -2.08. The fourth-order valence-electron chi connectivity index (χ4n) is 2.03. The number of carboxylic acid groups (broad SMARTS) is 1. The zero-order valence-corrected chi connectivity index (χ0v) is 9.02. The van der Waals surface area contributed by atoms with Crippen molar-refractivity contribution in [3.05, 3.63) is 29.8 Å². The lowest BCUT2D eigenvalue weighted by Crippen LogP contribution is -2.27. The first-order valence-corrected chi connectivity index (χ1v) is 5.53. The third-order valence-corrected chi connectivity index (χ3v) is 3.04. The molecule has 0 spiro atoms. The summed E-state index contributed by atoms with van der Waals surface area (Å²) in [4.78, 5) is 14.9. The number of imidazole rings is 1. The molecule has 0 bridgehead atoms. The minimum Gasteiger partial charge on any atom is -0.542 e. The van der Waals surface area contributed by atoms with Crippen LogP contribution in [0, 0.1) is 11.7 Å². The fourth-order valence-corrected chi connectivity index (χ4v) is 2.03. The van der Waals surface area contributed by atoms with E-state index in [9.17, 15) is 14.3 Å². The van der Waals surface area contributed by atoms with Gasteiger partial charge in [0.15, 0.2) is 5.82 Å². The number of aromatic nitrogens is 2. The van der Waals surface area contributed by atoms with Crippen LogP contribution in [0.5, 0.6) is 0 Å². The van der Waals surface area contributed by atoms with Crippen molar-refractivity contribution < 1.29 is 14.3 Å². The number of carbonyl (C=O) groups is 1. The number of halogens is 1. The van der Waals surface area contributed by atoms with Gasteiger partial charge in [0.1, 0.15) is 17.3 Å². The number of aromatic carboxylic acids is 1. The smallest absolute Gasteiger partial charge is 0.156 e. The monoisotopic (exact) mass is 233 g/mol. The molecular weight excluding hydrogens is 223 g/mol. The molecule has 0 N–H and O–H groups in total. The summed E-state index contributed by atoms with van der Waals surface area (Å²) in [6.07, 6.45) is 2.11. The van der Waals surface area contributed by atoms with E-state index in [0.717, 1.165) is 12.8 Å². The van der Waals surface area contributed by atoms with Crippen LogP contribution in [0.25, 0.3) is 11.0 Å². The molecule has 1 aromatic carbocycles. The topological polar surface area (TPSA) is 57.9 Å². The molecule has 1 aromatic heterocycles. The quantitative estimate of drug-likeness (QED) is 0.793. The number of para-hydroxylation sites is 1. The molecule has 0 atom stereocenters. The van der Waals surface area contributed by atoms with E-state index >= 15 is 0 Å². The van der Waals surface area contributed by atoms with Crippen molar-refractivity contribution in [1.82, 2.24) is 9.55 Å². The van der Waals surface area contributed by atoms with E-state index in [4.69, 9.17) is 0 Å². The number of rotatable bonds is 3. The summed E-state index contributed by atoms with van der Waals surface area (Å²) in [6.45, 7) is 0.501. The van der Waals surface area contributed by atoms with Crippen molar-refractivity contribution in [3.8, 4) is 0 Å². The van der Waals surface area contributed by atoms with Crippen molar-refractivity contribution in [3.63, 3.8) is 0 Å². The van der Waals surface area contributed by atoms with Gasteiger partial charge < -0.3 is 14.5 Å². The van der Waals surface area contributed by atoms with E-state index in [-0.39, 0.29) is 11.3 Å². The molecule has 4 nitrogen and oxygen atoms in total. The second-order valence-corrected chi connectivity index (χ2v) is 4.38. The SMILES string of the molecule is O=C([O-])c1nc2cccc(F)c2n1CC1CC1. The van der Waals surface area contributed by atoms with Crippen LogP contribution < -0.4 is 5.11 Å². The Morgan fingerprint density at radius 2 is 2.29 bits per heavy atom. The average molecular weight is 233 g/mol. The van der Waals surface area contributed by atoms with Crippen molar-refractivity contribution in [2.24, 2.45) is 5.92 Å². The third-order valence-electron chi connectivity index (χ3n) is 3.04. The number of benzene rings is 1. The number of hydrogen-bond acceptors (Lipinski definition) is 3. The van der Waals surface area contributed by atoms with Crippen molar-refractivity contribution >= 4 is 17.0 Å². The summed E-state index contributed by atoms with van der Waals surface area (Å²) in [5.74, 6) is -1.55. The number of nitrogens with zero attached hydrogens (tertiary/aromatic N) is 2. The van der Waals surface area contributed by atoms with Gasteiger partial charge in [-0.1, -0.05) is 6.07 Å². The molecular formula is C12H10FN2O2-. The molecule has 0 saturated heterocycles. The molecule has 5 heteroatoms. The molecule has 1 heterocycles. The lowest BCUT2D eigenvalue weighted by molar-refractivity contribution is -0.256. The Balaban J connectivity index is 2.24. The highest BCUT2D eigenvalue weighted by Gasteiger charge is 2.25. The van der Waals surface area contributed by atoms with E-state index in [0.29, 0.717) is 18.0 Å². The molecule has 0 amide bonds. The van der Waals surface area contributed by atoms with Gasteiger partial charge in [-0.05, 0) is 30.9 Å². The van der Waals surface area contributed by atoms with E-state index in [1.54, 1.807) is 6.07 Å². The highest BCUT2D eigenvalue weighted by atomic mass is 19.1. The Labute approximate surface area is 96.7 Å². The summed E-state index contributed by atoms with van der Waals surface area (Å²) in [6, 6.07) is 4.44. The van der Waals surface area contributed by atoms with Gasteiger partial charge in [0.2, 0.25) is 0 Å². The van der Waals surface area contributed by atoms with Gasteiger partial charge >= 0.3 is 0 Å². The van der Waals surface area contributed by atoms with Gasteiger partial charge in [0, 0.05) is 6.54 Å². The maximum atomic E-state index is 13.7. The van der Waals surface area contributed by atoms with Crippen molar-refractivity contribution in [1.29, 1.82) is 0 Å². The Hall–Kier alpha value is -1.91. The molecule has 1 aliphatic carbocycles. The minimum atomic E-state index is -1.36. The maximum Gasteiger partial charge on any atom is 0.156 e. The Morgan fingerprint density at radius 1 is 1.53 bits per heavy atom. The zero-order chi connectivity index (χ0) is 12.0. The first kappa shape index (κ1) is 10.3. The third kappa shape index (κ3) is 1.67. The molecule has 88 valence electrons. The second kappa shape index (κ2) is 3.55. The molecule has 17 heavy (non-hydrogen) atoms. The van der Waals surface area contributed by atoms with Gasteiger partial charge in [-0.15, -0.1) is 0 Å². The van der Waals surface area contributed by atoms with Gasteiger partial charge in [-0.3, -0.25) is 0 Å². The summed E-state index contributed by atoms with van der Waals surface area (Å²) in [5.41, 5.74) is 0.628. The fraction of sp³-hybridized carbons (Fsp3) is 0.333. The summed E-state index contributed by atoms with van der Waals surface area (Å²) < 4.78 is 15.1. The second-order valence-electron chi connectivity index (χ2n) is 4.38. The van der Waals surface area contributed by atoms with E-state index in [1.807, 2.05) is 0 Å². The number of carboxylic acids is 1. The normalized spacial score (nSPS) is 15.4. The van der Waals surface area contributed by atoms with Crippen molar-refractivity contribution in [2.75, 3.05) is 0 Å². The van der Waals surface area contributed by atoms with Crippen LogP contribution in [-0.4, -0.2) is 15.5 Å². The molecule has 0 radical (unpaired) electrons. The summed E-state index contributed by atoms with van der Waals surface area (Å²) in [7, 11) is 0. The van der Waals surface area contributed by atoms with Crippen LogP contribution in [-0.2, 0) is 6.54 Å². The van der Waals surface area contributed by atoms with Crippen LogP contribution in [0.4, 0.5) is 4.39 Å². The lowest BCUT2D eigenvalue weighted by atomic mass is 10.3. The molecule has 2 aromatic rings. The molecule has 1 aliphatic rings. The van der Waals surface area contributed by atoms with E-state index < -0.39 is 11.8 Å². The Bertz CT molecular complexity index is 602. The average Bonchev–Trinajstić information content (AvgIpc) is 2.99. The molecule has 1 fully saturated rings. The molecule has 1 saturated carbocycles. The maximum absolute atomic E-state index is 13.7. The number of carbonyl (C=O) groups excluding carboxylic acids is 1. The van der Waals surface area contributed by atoms with E-state index in [2.05, 4.69) is 4.98 Å². The number of hydrogen-bond donors (Lipinski definition) is 0. The highest BCUT2D eigenvalue weighted by molar-refractivity contribution is 5.88. The van der Waals surface area contributed by atoms with Gasteiger partial charge in [0.25, 0.3) is 0 Å². The zero-order valence-electron chi connectivity index (χ0n) is 9.02. The van der Waals surface area contributed by atoms with Crippen LogP contribution in [0.15, 0.2) is 18.2 Å². The first-order valence-electron chi connectivity index (χ1n) is 5.53. The minimum absolute atomic E-state index is 0.183. The molecule has 0 aliphatic heterocycles. The van der Waals surface area contributed by atoms with Crippen LogP contribution in [0.3, 0.4) is 0 Å². The standard InChI is InChI=1S/C12H11FN2O2/c13-8-2-1-3-9-10(8)15(6-7-4-5-7)11(14-9)12(16)17/h1-3,7H,4-6H2,(H,16,17)/p-1. The Morgan fingerprint density at radius 3 is 2.94 bits per heavy atom. The highest BCUT2D eigenvalue weighted by Crippen LogP contribution is 2.32. The van der Waals surface area contributed by atoms with Gasteiger partial charge in [0.05, 0.1) is 5.52 Å². The predicted octanol–water partition coefficient (Wildman–Crippen LogP) is 0.949. The summed E-state index contributed by atoms with van der Waals surface area (Å²) in [5, 5.41) is 11.0. The van der Waals surface area contributed by atoms with Crippen molar-refractivity contribution in [2.45, 2.75) is 19.4 Å².